The molecule has 0 bridgehead atoms. The fourth-order valence-corrected chi connectivity index (χ4v) is 1.66. The molecule has 2 rings (SSSR count). The van der Waals surface area contributed by atoms with Crippen LogP contribution in [-0.4, -0.2) is 19.7 Å². The summed E-state index contributed by atoms with van der Waals surface area (Å²) in [6.45, 7) is 0.581. The van der Waals surface area contributed by atoms with Crippen molar-refractivity contribution in [2.75, 3.05) is 19.1 Å². The molecular weight excluding hydrogens is 232 g/mol. The topological polar surface area (TPSA) is 33.6 Å². The molecule has 1 aliphatic rings. The number of aliphatic imine (C=N–C) groups is 1. The first-order valence-electron chi connectivity index (χ1n) is 3.93. The first kappa shape index (κ1) is 8.56. The van der Waals surface area contributed by atoms with Gasteiger partial charge in [-0.2, -0.15) is 0 Å². The molecule has 4 heteroatoms. The van der Waals surface area contributed by atoms with E-state index in [1.165, 1.54) is 0 Å². The van der Waals surface area contributed by atoms with Gasteiger partial charge in [-0.3, -0.25) is 0 Å². The molecule has 1 aliphatic heterocycles. The molecule has 0 saturated heterocycles. The SMILES string of the molecule is COC1=NCNc2ccc(Br)cc21. The van der Waals surface area contributed by atoms with Crippen LogP contribution in [0.25, 0.3) is 0 Å². The molecule has 1 heterocycles. The van der Waals surface area contributed by atoms with Gasteiger partial charge in [0.2, 0.25) is 5.90 Å². The first-order valence-corrected chi connectivity index (χ1v) is 4.73. The van der Waals surface area contributed by atoms with Crippen molar-refractivity contribution in [3.05, 3.63) is 28.2 Å². The Morgan fingerprint density at radius 2 is 2.38 bits per heavy atom. The molecule has 13 heavy (non-hydrogen) atoms. The monoisotopic (exact) mass is 240 g/mol. The summed E-state index contributed by atoms with van der Waals surface area (Å²) in [7, 11) is 1.63. The van der Waals surface area contributed by atoms with Gasteiger partial charge in [-0.15, -0.1) is 0 Å². The van der Waals surface area contributed by atoms with Crippen molar-refractivity contribution in [3.8, 4) is 0 Å². The van der Waals surface area contributed by atoms with Gasteiger partial charge < -0.3 is 10.1 Å². The number of fused-ring (bicyclic) bond motifs is 1. The number of anilines is 1. The fourth-order valence-electron chi connectivity index (χ4n) is 1.30. The van der Waals surface area contributed by atoms with Gasteiger partial charge in [0, 0.05) is 10.2 Å². The number of nitrogens with one attached hydrogen (secondary N) is 1. The van der Waals surface area contributed by atoms with Gasteiger partial charge in [0.05, 0.1) is 12.7 Å². The summed E-state index contributed by atoms with van der Waals surface area (Å²) in [6.07, 6.45) is 0. The lowest BCUT2D eigenvalue weighted by molar-refractivity contribution is 0.402. The van der Waals surface area contributed by atoms with Gasteiger partial charge in [0.15, 0.2) is 0 Å². The lowest BCUT2D eigenvalue weighted by Gasteiger charge is -2.17. The van der Waals surface area contributed by atoms with E-state index in [0.29, 0.717) is 12.6 Å². The van der Waals surface area contributed by atoms with Crippen LogP contribution in [-0.2, 0) is 4.74 Å². The third-order valence-corrected chi connectivity index (χ3v) is 2.39. The summed E-state index contributed by atoms with van der Waals surface area (Å²) >= 11 is 3.41. The van der Waals surface area contributed by atoms with Gasteiger partial charge in [0.1, 0.15) is 6.67 Å². The predicted molar refractivity (Wildman–Crippen MR) is 56.2 cm³/mol. The van der Waals surface area contributed by atoms with Crippen molar-refractivity contribution in [1.82, 2.24) is 0 Å². The maximum atomic E-state index is 5.16. The second-order valence-electron chi connectivity index (χ2n) is 2.69. The Labute approximate surface area is 84.9 Å². The molecule has 68 valence electrons. The Hall–Kier alpha value is -1.03. The van der Waals surface area contributed by atoms with Gasteiger partial charge in [-0.1, -0.05) is 15.9 Å². The maximum Gasteiger partial charge on any atom is 0.219 e. The molecule has 0 fully saturated rings. The van der Waals surface area contributed by atoms with E-state index in [1.54, 1.807) is 7.11 Å². The quantitative estimate of drug-likeness (QED) is 0.755. The van der Waals surface area contributed by atoms with Gasteiger partial charge >= 0.3 is 0 Å². The van der Waals surface area contributed by atoms with Crippen LogP contribution in [0, 0.1) is 0 Å². The van der Waals surface area contributed by atoms with E-state index in [9.17, 15) is 0 Å². The van der Waals surface area contributed by atoms with E-state index in [1.807, 2.05) is 18.2 Å². The Kier molecular flexibility index (Phi) is 2.22. The molecule has 0 unspecified atom stereocenters. The van der Waals surface area contributed by atoms with Crippen LogP contribution < -0.4 is 5.32 Å². The van der Waals surface area contributed by atoms with E-state index in [0.717, 1.165) is 15.7 Å². The molecule has 1 N–H and O–H groups in total. The first-order chi connectivity index (χ1) is 6.31. The smallest absolute Gasteiger partial charge is 0.219 e. The standard InChI is InChI=1S/C9H9BrN2O/c1-13-9-7-4-6(10)2-3-8(7)11-5-12-9/h2-4,11H,5H2,1H3. The highest BCUT2D eigenvalue weighted by atomic mass is 79.9. The maximum absolute atomic E-state index is 5.16. The van der Waals surface area contributed by atoms with E-state index < -0.39 is 0 Å². The zero-order valence-corrected chi connectivity index (χ0v) is 8.76. The largest absolute Gasteiger partial charge is 0.481 e. The zero-order valence-electron chi connectivity index (χ0n) is 7.17. The molecule has 0 amide bonds. The normalized spacial score (nSPS) is 14.2. The van der Waals surface area contributed by atoms with Crippen molar-refractivity contribution in [2.24, 2.45) is 4.99 Å². The van der Waals surface area contributed by atoms with Crippen molar-refractivity contribution in [1.29, 1.82) is 0 Å². The van der Waals surface area contributed by atoms with Crippen molar-refractivity contribution in [2.45, 2.75) is 0 Å². The number of benzene rings is 1. The minimum absolute atomic E-state index is 0.581. The molecule has 0 aliphatic carbocycles. The van der Waals surface area contributed by atoms with Crippen LogP contribution in [0.4, 0.5) is 5.69 Å². The lowest BCUT2D eigenvalue weighted by atomic mass is 10.1. The molecular formula is C9H9BrN2O. The van der Waals surface area contributed by atoms with E-state index in [2.05, 4.69) is 26.2 Å². The molecule has 3 nitrogen and oxygen atoms in total. The van der Waals surface area contributed by atoms with Crippen molar-refractivity contribution < 1.29 is 4.74 Å². The van der Waals surface area contributed by atoms with Gasteiger partial charge in [0.25, 0.3) is 0 Å². The summed E-state index contributed by atoms with van der Waals surface area (Å²) < 4.78 is 6.19. The molecule has 0 saturated carbocycles. The van der Waals surface area contributed by atoms with E-state index in [-0.39, 0.29) is 0 Å². The van der Waals surface area contributed by atoms with Crippen molar-refractivity contribution >= 4 is 27.5 Å². The highest BCUT2D eigenvalue weighted by Crippen LogP contribution is 2.24. The Morgan fingerprint density at radius 3 is 3.15 bits per heavy atom. The fraction of sp³-hybridized carbons (Fsp3) is 0.222. The number of ether oxygens (including phenoxy) is 1. The predicted octanol–water partition coefficient (Wildman–Crippen LogP) is 2.23. The summed E-state index contributed by atoms with van der Waals surface area (Å²) in [5, 5.41) is 3.17. The van der Waals surface area contributed by atoms with E-state index >= 15 is 0 Å². The average Bonchev–Trinajstić information content (AvgIpc) is 2.17. The molecule has 1 aromatic carbocycles. The van der Waals surface area contributed by atoms with Gasteiger partial charge in [-0.25, -0.2) is 4.99 Å². The number of rotatable bonds is 0. The minimum atomic E-state index is 0.581. The third-order valence-electron chi connectivity index (χ3n) is 1.90. The molecule has 0 atom stereocenters. The van der Waals surface area contributed by atoms with Crippen LogP contribution in [0.5, 0.6) is 0 Å². The second-order valence-corrected chi connectivity index (χ2v) is 3.61. The average molecular weight is 241 g/mol. The van der Waals surface area contributed by atoms with Crippen LogP contribution in [0.3, 0.4) is 0 Å². The number of hydrogen-bond donors (Lipinski definition) is 1. The molecule has 1 aromatic rings. The Morgan fingerprint density at radius 1 is 1.54 bits per heavy atom. The summed E-state index contributed by atoms with van der Waals surface area (Å²) in [6, 6.07) is 5.99. The second kappa shape index (κ2) is 3.38. The van der Waals surface area contributed by atoms with Gasteiger partial charge in [-0.05, 0) is 18.2 Å². The minimum Gasteiger partial charge on any atom is -0.481 e. The Bertz CT molecular complexity index is 363. The lowest BCUT2D eigenvalue weighted by Crippen LogP contribution is -2.16. The van der Waals surface area contributed by atoms with E-state index in [4.69, 9.17) is 4.74 Å². The number of hydrogen-bond acceptors (Lipinski definition) is 3. The summed E-state index contributed by atoms with van der Waals surface area (Å²) in [5.74, 6) is 0.690. The molecule has 0 aromatic heterocycles. The highest BCUT2D eigenvalue weighted by molar-refractivity contribution is 9.10. The summed E-state index contributed by atoms with van der Waals surface area (Å²) in [5.41, 5.74) is 2.07. The number of nitrogens with zero attached hydrogens (tertiary/aromatic N) is 1. The molecule has 0 radical (unpaired) electrons. The number of methoxy groups -OCH3 is 1. The van der Waals surface area contributed by atoms with Crippen molar-refractivity contribution in [3.63, 3.8) is 0 Å². The highest BCUT2D eigenvalue weighted by Gasteiger charge is 2.13. The third kappa shape index (κ3) is 1.54. The number of halogens is 1. The van der Waals surface area contributed by atoms with Crippen LogP contribution in [0.15, 0.2) is 27.7 Å². The zero-order chi connectivity index (χ0) is 9.26. The van der Waals surface area contributed by atoms with Crippen LogP contribution >= 0.6 is 15.9 Å². The Balaban J connectivity index is 2.51. The van der Waals surface area contributed by atoms with Crippen LogP contribution in [0.1, 0.15) is 5.56 Å². The van der Waals surface area contributed by atoms with Crippen LogP contribution in [0.2, 0.25) is 0 Å². The summed E-state index contributed by atoms with van der Waals surface area (Å²) in [4.78, 5) is 4.19. The molecule has 0 spiro atoms.